The first kappa shape index (κ1) is 15.7. The van der Waals surface area contributed by atoms with E-state index < -0.39 is 5.97 Å². The van der Waals surface area contributed by atoms with Crippen molar-refractivity contribution in [3.8, 4) is 5.75 Å². The normalized spacial score (nSPS) is 10.4. The summed E-state index contributed by atoms with van der Waals surface area (Å²) < 4.78 is 5.26. The summed E-state index contributed by atoms with van der Waals surface area (Å²) in [6.07, 6.45) is 2.96. The van der Waals surface area contributed by atoms with Gasteiger partial charge in [0.05, 0.1) is 5.56 Å². The van der Waals surface area contributed by atoms with Crippen LogP contribution in [-0.2, 0) is 0 Å². The van der Waals surface area contributed by atoms with Crippen LogP contribution in [0, 0.1) is 6.58 Å². The SMILES string of the molecule is [CH-]=C/C=C(\Cl)c1ccc(OC(=O)c2ccccc2)cc1.[No]. The average molecular weight is 543 g/mol. The van der Waals surface area contributed by atoms with E-state index in [1.54, 1.807) is 54.6 Å². The minimum Gasteiger partial charge on any atom is -0.423 e. The monoisotopic (exact) mass is 542 g/mol. The molecule has 0 atom stereocenters. The van der Waals surface area contributed by atoms with E-state index in [1.165, 1.54) is 6.08 Å². The fraction of sp³-hybridized carbons (Fsp3) is 0. The molecule has 0 aromatic heterocycles. The van der Waals surface area contributed by atoms with Crippen LogP contribution in [0.5, 0.6) is 5.75 Å². The van der Waals surface area contributed by atoms with E-state index in [-0.39, 0.29) is 0 Å². The summed E-state index contributed by atoms with van der Waals surface area (Å²) in [5.74, 6) is 0.0686. The van der Waals surface area contributed by atoms with Crippen molar-refractivity contribution < 1.29 is 9.53 Å². The van der Waals surface area contributed by atoms with Crippen molar-refractivity contribution in [2.75, 3.05) is 0 Å². The molecule has 2 aromatic carbocycles. The molecule has 4 heteroatoms. The molecule has 0 bridgehead atoms. The van der Waals surface area contributed by atoms with Gasteiger partial charge < -0.3 is 4.74 Å². The standard InChI is InChI=1S/C17H12ClO2.No/c1-2-6-16(18)13-9-11-15(12-10-13)20-17(19)14-7-4-3-5-8-14;/h1-12H;/q-1;/b16-6-;. The largest absolute Gasteiger partial charge is 0.423 e. The molecule has 0 heterocycles. The Morgan fingerprint density at radius 1 is 1.00 bits per heavy atom. The number of allylic oxidation sites excluding steroid dienone is 2. The second kappa shape index (κ2) is 7.31. The molecule has 0 spiro atoms. The van der Waals surface area contributed by atoms with Crippen molar-refractivity contribution in [2.24, 2.45) is 0 Å². The van der Waals surface area contributed by atoms with Crippen molar-refractivity contribution in [2.45, 2.75) is 0 Å². The van der Waals surface area contributed by atoms with Crippen molar-refractivity contribution in [1.29, 1.82) is 0 Å². The second-order valence-corrected chi connectivity index (χ2v) is 4.39. The van der Waals surface area contributed by atoms with Crippen LogP contribution >= 0.6 is 11.6 Å². The minimum absolute atomic E-state index is 0. The van der Waals surface area contributed by atoms with Gasteiger partial charge in [-0.1, -0.05) is 30.3 Å². The van der Waals surface area contributed by atoms with E-state index in [1.807, 2.05) is 6.07 Å². The van der Waals surface area contributed by atoms with Gasteiger partial charge >= 0.3 is 5.97 Å². The Hall–Kier alpha value is -3.32. The van der Waals surface area contributed by atoms with Gasteiger partial charge in [-0.2, -0.15) is 6.08 Å². The molecule has 0 N–H and O–H groups in total. The average Bonchev–Trinajstić information content (AvgIpc) is 2.49. The van der Waals surface area contributed by atoms with Gasteiger partial charge in [-0.15, -0.1) is 11.6 Å². The molecule has 0 unspecified atom stereocenters. The van der Waals surface area contributed by atoms with Gasteiger partial charge in [0, 0.05) is 0 Å². The van der Waals surface area contributed by atoms with E-state index in [4.69, 9.17) is 22.9 Å². The second-order valence-electron chi connectivity index (χ2n) is 3.99. The summed E-state index contributed by atoms with van der Waals surface area (Å²) in [6.45, 7) is 5.27. The van der Waals surface area contributed by atoms with Crippen LogP contribution in [0.2, 0.25) is 0 Å². The number of esters is 1. The van der Waals surface area contributed by atoms with Crippen molar-refractivity contribution >= 4 is 22.6 Å². The molecule has 2 aromatic rings. The first-order valence-electron chi connectivity index (χ1n) is 5.99. The maximum atomic E-state index is 11.9. The maximum absolute atomic E-state index is 11.9. The third-order valence-electron chi connectivity index (χ3n) is 2.59. The number of ether oxygens (including phenoxy) is 1. The number of hydrogen-bond donors (Lipinski definition) is 0. The van der Waals surface area contributed by atoms with Crippen molar-refractivity contribution in [1.82, 2.24) is 0 Å². The van der Waals surface area contributed by atoms with E-state index in [0.717, 1.165) is 5.56 Å². The fourth-order valence-corrected chi connectivity index (χ4v) is 1.80. The first-order chi connectivity index (χ1) is 9.70. The van der Waals surface area contributed by atoms with Crippen molar-refractivity contribution in [3.05, 3.63) is 84.5 Å². The van der Waals surface area contributed by atoms with E-state index in [9.17, 15) is 4.79 Å². The summed E-state index contributed by atoms with van der Waals surface area (Å²) in [7, 11) is 0. The molecular weight excluding hydrogens is 531 g/mol. The number of halogens is 1. The summed E-state index contributed by atoms with van der Waals surface area (Å²) in [6, 6.07) is 15.7. The van der Waals surface area contributed by atoms with Crippen LogP contribution in [0.15, 0.2) is 66.7 Å². The number of hydrogen-bond acceptors (Lipinski definition) is 2. The molecule has 0 aliphatic rings. The molecule has 21 heavy (non-hydrogen) atoms. The molecule has 2 rings (SSSR count). The summed E-state index contributed by atoms with van der Waals surface area (Å²) >= 11 is 6.00. The Morgan fingerprint density at radius 3 is 2.19 bits per heavy atom. The van der Waals surface area contributed by atoms with Crippen LogP contribution in [0.1, 0.15) is 15.9 Å². The number of carbonyl (C=O) groups is 1. The molecule has 114 valence electrons. The fourth-order valence-electron chi connectivity index (χ4n) is 1.60. The quantitative estimate of drug-likeness (QED) is 0.247. The molecule has 0 aliphatic carbocycles. The van der Waals surface area contributed by atoms with E-state index in [0.29, 0.717) is 16.3 Å². The summed E-state index contributed by atoms with van der Waals surface area (Å²) in [4.78, 5) is 11.9. The van der Waals surface area contributed by atoms with Gasteiger partial charge in [0.15, 0.2) is 0 Å². The smallest absolute Gasteiger partial charge is 0.343 e. The van der Waals surface area contributed by atoms with Crippen molar-refractivity contribution in [3.63, 3.8) is 0 Å². The minimum atomic E-state index is -0.393. The van der Waals surface area contributed by atoms with Crippen LogP contribution in [-0.4, -0.2) is 5.97 Å². The molecule has 0 fully saturated rings. The predicted molar refractivity (Wildman–Crippen MR) is 80.5 cm³/mol. The van der Waals surface area contributed by atoms with Crippen LogP contribution < -0.4 is 4.74 Å². The van der Waals surface area contributed by atoms with E-state index in [2.05, 4.69) is 0 Å². The Kier molecular flexibility index (Phi) is 5.48. The van der Waals surface area contributed by atoms with Crippen LogP contribution in [0.25, 0.3) is 5.03 Å². The van der Waals surface area contributed by atoms with Gasteiger partial charge in [0.25, 0.3) is 0 Å². The number of benzene rings is 2. The van der Waals surface area contributed by atoms with Crippen LogP contribution in [0.3, 0.4) is 0 Å². The van der Waals surface area contributed by atoms with Gasteiger partial charge in [0.2, 0.25) is 0 Å². The Labute approximate surface area is 123 Å². The molecular formula is C17H12ClNoO2-. The Bertz CT molecular complexity index is 634. The van der Waals surface area contributed by atoms with Gasteiger partial charge in [0.1, 0.15) is 5.75 Å². The molecule has 0 saturated carbocycles. The number of rotatable bonds is 4. The predicted octanol–water partition coefficient (Wildman–Crippen LogP) is 4.47. The van der Waals surface area contributed by atoms with E-state index >= 15 is 0 Å². The zero-order valence-electron chi connectivity index (χ0n) is 10.9. The van der Waals surface area contributed by atoms with Gasteiger partial charge in [-0.05, 0) is 34.9 Å². The zero-order chi connectivity index (χ0) is 14.4. The third-order valence-corrected chi connectivity index (χ3v) is 2.94. The summed E-state index contributed by atoms with van der Waals surface area (Å²) in [5, 5.41) is 0.522. The molecule has 0 amide bonds. The third kappa shape index (κ3) is 4.08. The first-order valence-corrected chi connectivity index (χ1v) is 6.37. The topological polar surface area (TPSA) is 26.3 Å². The molecule has 0 radical (unpaired) electrons. The zero-order valence-corrected chi connectivity index (χ0v) is 13.9. The molecule has 0 saturated heterocycles. The molecule has 0 aliphatic heterocycles. The Balaban J connectivity index is 0.00000220. The van der Waals surface area contributed by atoms with Gasteiger partial charge in [-0.25, -0.2) is 10.9 Å². The summed E-state index contributed by atoms with van der Waals surface area (Å²) in [5.41, 5.74) is 1.31. The Morgan fingerprint density at radius 2 is 1.62 bits per heavy atom. The molecule has 2 nitrogen and oxygen atoms in total. The number of carbonyl (C=O) groups excluding carboxylic acids is 1. The maximum Gasteiger partial charge on any atom is 0.343 e. The van der Waals surface area contributed by atoms with Crippen LogP contribution in [0.4, 0.5) is 0 Å². The van der Waals surface area contributed by atoms with Gasteiger partial charge in [-0.3, -0.25) is 6.58 Å².